The van der Waals surface area contributed by atoms with Gasteiger partial charge in [-0.05, 0) is 50.8 Å². The highest BCUT2D eigenvalue weighted by Crippen LogP contribution is 2.43. The maximum absolute atomic E-state index is 13.6. The average molecular weight is 436 g/mol. The first-order valence-corrected chi connectivity index (χ1v) is 10.8. The number of amides is 3. The molecule has 8 heteroatoms. The zero-order valence-electron chi connectivity index (χ0n) is 17.8. The van der Waals surface area contributed by atoms with E-state index in [0.717, 1.165) is 5.56 Å². The summed E-state index contributed by atoms with van der Waals surface area (Å²) in [5, 5.41) is 3.49. The van der Waals surface area contributed by atoms with Crippen LogP contribution in [0.5, 0.6) is 0 Å². The van der Waals surface area contributed by atoms with E-state index < -0.39 is 5.54 Å². The molecule has 3 amide bonds. The third kappa shape index (κ3) is 4.47. The highest BCUT2D eigenvalue weighted by Gasteiger charge is 2.57. The monoisotopic (exact) mass is 435 g/mol. The van der Waals surface area contributed by atoms with Gasteiger partial charge < -0.3 is 19.9 Å². The largest absolute Gasteiger partial charge is 0.383 e. The number of piperazine rings is 1. The lowest BCUT2D eigenvalue weighted by atomic mass is 9.87. The van der Waals surface area contributed by atoms with E-state index in [1.54, 1.807) is 29.0 Å². The van der Waals surface area contributed by atoms with Crippen molar-refractivity contribution in [3.8, 4) is 0 Å². The molecule has 1 saturated carbocycles. The quantitative estimate of drug-likeness (QED) is 0.666. The Morgan fingerprint density at radius 3 is 2.63 bits per heavy atom. The predicted octanol–water partition coefficient (Wildman–Crippen LogP) is 2.22. The fraction of sp³-hybridized carbons (Fsp3) is 0.591. The number of nitrogens with zero attached hydrogens (tertiary/aromatic N) is 2. The summed E-state index contributed by atoms with van der Waals surface area (Å²) < 4.78 is 4.99. The Kier molecular flexibility index (Phi) is 7.03. The molecule has 1 aliphatic carbocycles. The molecule has 1 aliphatic heterocycles. The van der Waals surface area contributed by atoms with Gasteiger partial charge in [-0.1, -0.05) is 23.7 Å². The number of hydrogen-bond donors (Lipinski definition) is 1. The van der Waals surface area contributed by atoms with Crippen molar-refractivity contribution in [1.29, 1.82) is 0 Å². The molecule has 30 heavy (non-hydrogen) atoms. The standard InChI is InChI=1S/C22H30ClN3O4/c1-15(2)25-14-19(27)26(13-16-4-6-18(23)7-5-16)22(21(25)29)9-8-17(12-22)20(28)24-10-11-30-3/h4-7,15,17H,8-14H2,1-3H3,(H,24,28)/t17?,22-/m1/s1. The van der Waals surface area contributed by atoms with Crippen LogP contribution in [0.1, 0.15) is 38.7 Å². The molecule has 1 heterocycles. The van der Waals surface area contributed by atoms with Crippen molar-refractivity contribution in [1.82, 2.24) is 15.1 Å². The van der Waals surface area contributed by atoms with E-state index >= 15 is 0 Å². The molecular weight excluding hydrogens is 406 g/mol. The number of rotatable bonds is 7. The second-order valence-corrected chi connectivity index (χ2v) is 8.82. The number of hydrogen-bond acceptors (Lipinski definition) is 4. The van der Waals surface area contributed by atoms with Crippen LogP contribution in [0.3, 0.4) is 0 Å². The fourth-order valence-electron chi connectivity index (χ4n) is 4.46. The van der Waals surface area contributed by atoms with Crippen molar-refractivity contribution in [2.24, 2.45) is 5.92 Å². The van der Waals surface area contributed by atoms with Crippen molar-refractivity contribution < 1.29 is 19.1 Å². The molecule has 164 valence electrons. The Morgan fingerprint density at radius 1 is 1.30 bits per heavy atom. The second-order valence-electron chi connectivity index (χ2n) is 8.39. The van der Waals surface area contributed by atoms with Crippen LogP contribution >= 0.6 is 11.6 Å². The number of ether oxygens (including phenoxy) is 1. The van der Waals surface area contributed by atoms with Gasteiger partial charge in [-0.25, -0.2) is 0 Å². The normalized spacial score (nSPS) is 24.2. The summed E-state index contributed by atoms with van der Waals surface area (Å²) in [6, 6.07) is 7.21. The molecule has 7 nitrogen and oxygen atoms in total. The number of benzene rings is 1. The van der Waals surface area contributed by atoms with Gasteiger partial charge in [0, 0.05) is 37.2 Å². The van der Waals surface area contributed by atoms with Crippen LogP contribution in [-0.2, 0) is 25.7 Å². The maximum atomic E-state index is 13.6. The summed E-state index contributed by atoms with van der Waals surface area (Å²) in [6.07, 6.45) is 1.39. The van der Waals surface area contributed by atoms with Crippen LogP contribution in [0.25, 0.3) is 0 Å². The third-order valence-corrected chi connectivity index (χ3v) is 6.38. The molecule has 1 aromatic carbocycles. The number of halogens is 1. The highest BCUT2D eigenvalue weighted by atomic mass is 35.5. The molecule has 0 bridgehead atoms. The number of methoxy groups -OCH3 is 1. The van der Waals surface area contributed by atoms with Gasteiger partial charge in [0.05, 0.1) is 6.61 Å². The van der Waals surface area contributed by atoms with Crippen LogP contribution in [0.15, 0.2) is 24.3 Å². The minimum atomic E-state index is -0.984. The van der Waals surface area contributed by atoms with Gasteiger partial charge in [0.1, 0.15) is 12.1 Å². The van der Waals surface area contributed by atoms with Gasteiger partial charge in [-0.15, -0.1) is 0 Å². The smallest absolute Gasteiger partial charge is 0.249 e. The van der Waals surface area contributed by atoms with Crippen molar-refractivity contribution in [3.63, 3.8) is 0 Å². The van der Waals surface area contributed by atoms with Gasteiger partial charge in [0.2, 0.25) is 17.7 Å². The first kappa shape index (κ1) is 22.6. The van der Waals surface area contributed by atoms with Gasteiger partial charge in [0.25, 0.3) is 0 Å². The van der Waals surface area contributed by atoms with Gasteiger partial charge in [0.15, 0.2) is 0 Å². The van der Waals surface area contributed by atoms with E-state index in [1.165, 1.54) is 0 Å². The van der Waals surface area contributed by atoms with E-state index in [9.17, 15) is 14.4 Å². The lowest BCUT2D eigenvalue weighted by Gasteiger charge is -2.49. The Hall–Kier alpha value is -2.12. The Bertz CT molecular complexity index is 798. The van der Waals surface area contributed by atoms with Crippen LogP contribution in [-0.4, -0.2) is 65.9 Å². The SMILES string of the molecule is COCCNC(=O)C1CC[C@@]2(C1)C(=O)N(C(C)C)CC(=O)N2Cc1ccc(Cl)cc1. The fourth-order valence-corrected chi connectivity index (χ4v) is 4.59. The van der Waals surface area contributed by atoms with Crippen LogP contribution < -0.4 is 5.32 Å². The van der Waals surface area contributed by atoms with Crippen LogP contribution in [0.4, 0.5) is 0 Å². The summed E-state index contributed by atoms with van der Waals surface area (Å²) >= 11 is 5.99. The number of carbonyl (C=O) groups excluding carboxylic acids is 3. The lowest BCUT2D eigenvalue weighted by Crippen LogP contribution is -2.68. The second kappa shape index (κ2) is 9.35. The molecule has 0 radical (unpaired) electrons. The molecule has 1 N–H and O–H groups in total. The molecule has 0 aromatic heterocycles. The van der Waals surface area contributed by atoms with Crippen molar-refractivity contribution in [2.75, 3.05) is 26.8 Å². The van der Waals surface area contributed by atoms with Crippen LogP contribution in [0, 0.1) is 5.92 Å². The minimum Gasteiger partial charge on any atom is -0.383 e. The van der Waals surface area contributed by atoms with E-state index in [2.05, 4.69) is 5.32 Å². The Morgan fingerprint density at radius 2 is 2.00 bits per heavy atom. The topological polar surface area (TPSA) is 79.0 Å². The zero-order chi connectivity index (χ0) is 21.9. The number of carbonyl (C=O) groups is 3. The summed E-state index contributed by atoms with van der Waals surface area (Å²) in [7, 11) is 1.58. The molecule has 1 saturated heterocycles. The molecule has 1 aromatic rings. The van der Waals surface area contributed by atoms with Gasteiger partial charge >= 0.3 is 0 Å². The van der Waals surface area contributed by atoms with E-state index in [1.807, 2.05) is 26.0 Å². The van der Waals surface area contributed by atoms with E-state index in [0.29, 0.717) is 44.0 Å². The molecular formula is C22H30ClN3O4. The van der Waals surface area contributed by atoms with Crippen molar-refractivity contribution >= 4 is 29.3 Å². The molecule has 2 aliphatic rings. The summed E-state index contributed by atoms with van der Waals surface area (Å²) in [5.74, 6) is -0.535. The third-order valence-electron chi connectivity index (χ3n) is 6.13. The zero-order valence-corrected chi connectivity index (χ0v) is 18.6. The van der Waals surface area contributed by atoms with Crippen molar-refractivity contribution in [2.45, 2.75) is 51.2 Å². The predicted molar refractivity (Wildman–Crippen MR) is 114 cm³/mol. The molecule has 1 spiro atoms. The van der Waals surface area contributed by atoms with Crippen LogP contribution in [0.2, 0.25) is 5.02 Å². The minimum absolute atomic E-state index is 0.0572. The molecule has 2 fully saturated rings. The van der Waals surface area contributed by atoms with Crippen molar-refractivity contribution in [3.05, 3.63) is 34.9 Å². The van der Waals surface area contributed by atoms with Gasteiger partial charge in [-0.2, -0.15) is 0 Å². The highest BCUT2D eigenvalue weighted by molar-refractivity contribution is 6.30. The summed E-state index contributed by atoms with van der Waals surface area (Å²) in [4.78, 5) is 42.7. The first-order valence-electron chi connectivity index (χ1n) is 10.4. The molecule has 1 unspecified atom stereocenters. The van der Waals surface area contributed by atoms with Gasteiger partial charge in [-0.3, -0.25) is 14.4 Å². The first-order chi connectivity index (χ1) is 14.3. The van der Waals surface area contributed by atoms with E-state index in [-0.39, 0.29) is 36.2 Å². The number of nitrogens with one attached hydrogen (secondary N) is 1. The lowest BCUT2D eigenvalue weighted by molar-refractivity contribution is -0.167. The Balaban J connectivity index is 1.86. The summed E-state index contributed by atoms with van der Waals surface area (Å²) in [6.45, 7) is 5.08. The molecule has 2 atom stereocenters. The summed E-state index contributed by atoms with van der Waals surface area (Å²) in [5.41, 5.74) is -0.0754. The average Bonchev–Trinajstić information content (AvgIpc) is 3.16. The van der Waals surface area contributed by atoms with E-state index in [4.69, 9.17) is 16.3 Å². The maximum Gasteiger partial charge on any atom is 0.249 e. The molecule has 3 rings (SSSR count). The Labute approximate surface area is 182 Å².